The average molecular weight is 80.9 g/mol. The highest BCUT2D eigenvalue weighted by Gasteiger charge is 1.42. The summed E-state index contributed by atoms with van der Waals surface area (Å²) >= 11 is 0. The summed E-state index contributed by atoms with van der Waals surface area (Å²) in [7, 11) is 2.00. The molecule has 0 rings (SSSR count). The van der Waals surface area contributed by atoms with Gasteiger partial charge in [0.1, 0.15) is 7.28 Å². The molecule has 0 aliphatic rings. The minimum absolute atomic E-state index is 0. The largest absolute Gasteiger partial charge is 0.269 e. The Morgan fingerprint density at radius 3 is 1.00 bits per heavy atom. The third-order valence-corrected chi connectivity index (χ3v) is 0. The fourth-order valence-electron chi connectivity index (χ4n) is 0. The second kappa shape index (κ2) is 39.3. The topological polar surface area (TPSA) is 0 Å². The van der Waals surface area contributed by atoms with Gasteiger partial charge in [0.2, 0.25) is 0 Å². The van der Waals surface area contributed by atoms with Gasteiger partial charge in [0.15, 0.2) is 0 Å². The molecule has 0 bridgehead atoms. The van der Waals surface area contributed by atoms with E-state index in [1.807, 2.05) is 20.9 Å². The molecular weight excluding hydrogens is 72.8 g/mol. The quantitative estimate of drug-likeness (QED) is 0.383. The Morgan fingerprint density at radius 1 is 1.00 bits per heavy atom. The Bertz CT molecular complexity index is 7.61. The van der Waals surface area contributed by atoms with Gasteiger partial charge in [-0.25, -0.2) is 0 Å². The number of hydrogen-bond donors (Lipinski definition) is 0. The van der Waals surface area contributed by atoms with E-state index in [9.17, 15) is 0 Å². The van der Waals surface area contributed by atoms with E-state index in [1.54, 1.807) is 0 Å². The molecule has 0 atom stereocenters. The highest BCUT2D eigenvalue weighted by atomic mass is 19.0. The molecule has 0 saturated heterocycles. The molecule has 0 saturated carbocycles. The summed E-state index contributed by atoms with van der Waals surface area (Å²) < 4.78 is 0. The first-order chi connectivity index (χ1) is 1.41. The van der Waals surface area contributed by atoms with Crippen LogP contribution in [0.4, 0.5) is 9.41 Å². The van der Waals surface area contributed by atoms with Gasteiger partial charge in [-0.2, -0.15) is 0 Å². The molecule has 0 amide bonds. The predicted octanol–water partition coefficient (Wildman–Crippen LogP) is 1.09. The van der Waals surface area contributed by atoms with E-state index in [4.69, 9.17) is 0 Å². The Labute approximate surface area is 31.5 Å². The Balaban J connectivity index is -0.0000000200. The van der Waals surface area contributed by atoms with Crippen molar-refractivity contribution in [2.75, 3.05) is 0 Å². The third kappa shape index (κ3) is 2580. The molecule has 0 N–H and O–H groups in total. The van der Waals surface area contributed by atoms with E-state index >= 15 is 0 Å². The van der Waals surface area contributed by atoms with Crippen molar-refractivity contribution in [2.45, 2.75) is 13.6 Å². The van der Waals surface area contributed by atoms with Crippen LogP contribution in [0, 0.1) is 0 Å². The highest BCUT2D eigenvalue weighted by molar-refractivity contribution is 6.31. The zero-order valence-corrected chi connectivity index (χ0v) is 3.39. The molecule has 0 aliphatic heterocycles. The average Bonchev–Trinajstić information content (AvgIpc) is 0.918. The number of hydrogen-bond acceptors (Lipinski definition) is 0. The lowest BCUT2D eigenvalue weighted by atomic mass is 9.88. The van der Waals surface area contributed by atoms with Crippen LogP contribution in [0.25, 0.3) is 0 Å². The summed E-state index contributed by atoms with van der Waals surface area (Å²) in [5, 5.41) is 0. The Morgan fingerprint density at radius 2 is 1.00 bits per heavy atom. The maximum atomic E-state index is 2.00. The van der Waals surface area contributed by atoms with Crippen LogP contribution < -0.4 is 0 Å². The van der Waals surface area contributed by atoms with Gasteiger partial charge in [-0.1, -0.05) is 13.6 Å². The van der Waals surface area contributed by atoms with E-state index in [0.717, 1.165) is 0 Å². The Kier molecular flexibility index (Phi) is 161. The van der Waals surface area contributed by atoms with Crippen LogP contribution in [0.1, 0.15) is 0 Å². The molecular formula is C2H8BF2. The summed E-state index contributed by atoms with van der Waals surface area (Å²) in [6, 6.07) is 0. The first-order valence-corrected chi connectivity index (χ1v) is 1.15. The Hall–Kier alpha value is -0.0751. The van der Waals surface area contributed by atoms with Gasteiger partial charge in [0, 0.05) is 0 Å². The lowest BCUT2D eigenvalue weighted by Crippen LogP contribution is -1.53. The molecule has 3 heteroatoms. The lowest BCUT2D eigenvalue weighted by molar-refractivity contribution is 1.11. The van der Waals surface area contributed by atoms with E-state index in [1.165, 1.54) is 0 Å². The van der Waals surface area contributed by atoms with Gasteiger partial charge < -0.3 is 0 Å². The molecule has 1 radical (unpaired) electrons. The van der Waals surface area contributed by atoms with Crippen molar-refractivity contribution in [1.82, 2.24) is 0 Å². The zero-order valence-electron chi connectivity index (χ0n) is 3.39. The van der Waals surface area contributed by atoms with Gasteiger partial charge in [0.05, 0.1) is 0 Å². The normalized spacial score (nSPS) is 2.80. The maximum Gasteiger partial charge on any atom is 0.102 e. The summed E-state index contributed by atoms with van der Waals surface area (Å²) in [5.74, 6) is 0. The standard InChI is InChI=1S/C2H6B.2FH/c1-3-2;;/h1-2H3;2*1H. The van der Waals surface area contributed by atoms with Crippen molar-refractivity contribution in [3.8, 4) is 0 Å². The monoisotopic (exact) mass is 81.1 g/mol. The summed E-state index contributed by atoms with van der Waals surface area (Å²) in [6.07, 6.45) is 0. The first-order valence-electron chi connectivity index (χ1n) is 1.15. The molecule has 5 heavy (non-hydrogen) atoms. The predicted molar refractivity (Wildman–Crippen MR) is 22.5 cm³/mol. The summed E-state index contributed by atoms with van der Waals surface area (Å²) in [6.45, 7) is 4.00. The van der Waals surface area contributed by atoms with Gasteiger partial charge in [0.25, 0.3) is 0 Å². The number of rotatable bonds is 0. The van der Waals surface area contributed by atoms with Gasteiger partial charge in [-0.05, 0) is 0 Å². The van der Waals surface area contributed by atoms with Gasteiger partial charge in [-0.15, -0.1) is 0 Å². The minimum Gasteiger partial charge on any atom is -0.269 e. The molecule has 0 aromatic rings. The highest BCUT2D eigenvalue weighted by Crippen LogP contribution is 1.36. The second-order valence-corrected chi connectivity index (χ2v) is 0.577. The van der Waals surface area contributed by atoms with Crippen LogP contribution in [0.5, 0.6) is 0 Å². The summed E-state index contributed by atoms with van der Waals surface area (Å²) in [4.78, 5) is 0. The molecule has 0 nitrogen and oxygen atoms in total. The molecule has 33 valence electrons. The smallest absolute Gasteiger partial charge is 0.102 e. The van der Waals surface area contributed by atoms with Crippen molar-refractivity contribution in [3.05, 3.63) is 0 Å². The van der Waals surface area contributed by atoms with Crippen LogP contribution in [0.15, 0.2) is 0 Å². The van der Waals surface area contributed by atoms with E-state index in [0.29, 0.717) is 0 Å². The van der Waals surface area contributed by atoms with Gasteiger partial charge >= 0.3 is 0 Å². The van der Waals surface area contributed by atoms with Crippen molar-refractivity contribution >= 4 is 7.28 Å². The van der Waals surface area contributed by atoms with Crippen molar-refractivity contribution in [1.29, 1.82) is 0 Å². The first kappa shape index (κ1) is 20.5. The molecule has 0 aromatic carbocycles. The van der Waals surface area contributed by atoms with Gasteiger partial charge in [-0.3, -0.25) is 9.41 Å². The van der Waals surface area contributed by atoms with Crippen molar-refractivity contribution in [2.24, 2.45) is 0 Å². The molecule has 0 aromatic heterocycles. The molecule has 0 unspecified atom stereocenters. The van der Waals surface area contributed by atoms with E-state index in [-0.39, 0.29) is 9.41 Å². The fraction of sp³-hybridized carbons (Fsp3) is 1.00. The molecule has 0 heterocycles. The van der Waals surface area contributed by atoms with Crippen LogP contribution in [0.3, 0.4) is 0 Å². The molecule has 0 aliphatic carbocycles. The number of halogens is 2. The van der Waals surface area contributed by atoms with E-state index in [2.05, 4.69) is 0 Å². The van der Waals surface area contributed by atoms with Crippen LogP contribution in [-0.4, -0.2) is 7.28 Å². The fourth-order valence-corrected chi connectivity index (χ4v) is 0. The third-order valence-electron chi connectivity index (χ3n) is 0. The summed E-state index contributed by atoms with van der Waals surface area (Å²) in [5.41, 5.74) is 0. The van der Waals surface area contributed by atoms with Crippen LogP contribution >= 0.6 is 0 Å². The van der Waals surface area contributed by atoms with Crippen molar-refractivity contribution in [3.63, 3.8) is 0 Å². The maximum absolute atomic E-state index is 2.00. The second-order valence-electron chi connectivity index (χ2n) is 0.577. The minimum atomic E-state index is 0. The lowest BCUT2D eigenvalue weighted by Gasteiger charge is -1.41. The molecule has 0 spiro atoms. The zero-order chi connectivity index (χ0) is 2.71. The van der Waals surface area contributed by atoms with Crippen molar-refractivity contribution < 1.29 is 9.41 Å². The van der Waals surface area contributed by atoms with E-state index < -0.39 is 0 Å². The molecule has 0 fully saturated rings. The van der Waals surface area contributed by atoms with Crippen LogP contribution in [-0.2, 0) is 0 Å². The van der Waals surface area contributed by atoms with Crippen LogP contribution in [0.2, 0.25) is 13.6 Å². The SMILES string of the molecule is C[B]C.F.F.